The van der Waals surface area contributed by atoms with Crippen LogP contribution < -0.4 is 10.5 Å². The predicted octanol–water partition coefficient (Wildman–Crippen LogP) is 3.33. The van der Waals surface area contributed by atoms with Gasteiger partial charge < -0.3 is 5.73 Å². The fraction of sp³-hybridized carbons (Fsp3) is 0.500. The van der Waals surface area contributed by atoms with Gasteiger partial charge in [0.25, 0.3) is 0 Å². The molecule has 3 N–H and O–H groups in total. The fourth-order valence-corrected chi connectivity index (χ4v) is 5.19. The van der Waals surface area contributed by atoms with E-state index in [1.165, 1.54) is 4.31 Å². The molecule has 112 valence electrons. The molecule has 1 aromatic rings. The summed E-state index contributed by atoms with van der Waals surface area (Å²) in [6, 6.07) is 3.34. The van der Waals surface area contributed by atoms with Crippen molar-refractivity contribution < 1.29 is 8.42 Å². The van der Waals surface area contributed by atoms with Crippen molar-refractivity contribution in [3.8, 4) is 0 Å². The predicted molar refractivity (Wildman–Crippen MR) is 88.8 cm³/mol. The molecule has 0 unspecified atom stereocenters. The summed E-state index contributed by atoms with van der Waals surface area (Å²) >= 11 is 6.67. The second-order valence-corrected chi connectivity index (χ2v) is 8.16. The van der Waals surface area contributed by atoms with Gasteiger partial charge in [-0.15, -0.1) is 0 Å². The van der Waals surface area contributed by atoms with Crippen LogP contribution >= 0.6 is 31.9 Å². The van der Waals surface area contributed by atoms with Gasteiger partial charge in [-0.2, -0.15) is 12.7 Å². The number of nitrogens with two attached hydrogens (primary N) is 1. The van der Waals surface area contributed by atoms with Crippen LogP contribution in [0.15, 0.2) is 21.1 Å². The van der Waals surface area contributed by atoms with Crippen molar-refractivity contribution in [3.05, 3.63) is 21.1 Å². The number of halogens is 2. The van der Waals surface area contributed by atoms with Crippen LogP contribution in [0.25, 0.3) is 0 Å². The van der Waals surface area contributed by atoms with Gasteiger partial charge in [0.1, 0.15) is 0 Å². The first kappa shape index (κ1) is 16.1. The Morgan fingerprint density at radius 1 is 1.05 bits per heavy atom. The summed E-state index contributed by atoms with van der Waals surface area (Å²) in [7, 11) is -3.54. The van der Waals surface area contributed by atoms with E-state index in [1.807, 2.05) is 0 Å². The first-order chi connectivity index (χ1) is 9.40. The van der Waals surface area contributed by atoms with E-state index in [4.69, 9.17) is 5.73 Å². The highest BCUT2D eigenvalue weighted by atomic mass is 79.9. The number of rotatable bonds is 3. The van der Waals surface area contributed by atoms with Gasteiger partial charge in [-0.1, -0.05) is 12.8 Å². The second kappa shape index (κ2) is 6.64. The minimum atomic E-state index is -3.54. The first-order valence-corrected chi connectivity index (χ1v) is 9.45. The Morgan fingerprint density at radius 2 is 1.55 bits per heavy atom. The highest BCUT2D eigenvalue weighted by Crippen LogP contribution is 2.34. The molecule has 20 heavy (non-hydrogen) atoms. The van der Waals surface area contributed by atoms with E-state index in [0.717, 1.165) is 25.7 Å². The Bertz CT molecular complexity index is 561. The third-order valence-electron chi connectivity index (χ3n) is 3.20. The molecule has 1 saturated heterocycles. The van der Waals surface area contributed by atoms with Crippen LogP contribution in [0.1, 0.15) is 25.7 Å². The molecule has 0 spiro atoms. The van der Waals surface area contributed by atoms with Crippen molar-refractivity contribution in [2.45, 2.75) is 25.7 Å². The lowest BCUT2D eigenvalue weighted by molar-refractivity contribution is 0.427. The molecule has 1 fully saturated rings. The highest BCUT2D eigenvalue weighted by Gasteiger charge is 2.24. The van der Waals surface area contributed by atoms with E-state index in [0.29, 0.717) is 33.4 Å². The summed E-state index contributed by atoms with van der Waals surface area (Å²) in [5.41, 5.74) is 6.74. The number of nitrogens with zero attached hydrogens (tertiary/aromatic N) is 1. The molecule has 0 radical (unpaired) electrons. The molecule has 2 rings (SSSR count). The Hall–Kier alpha value is -0.310. The molecular weight excluding hydrogens is 410 g/mol. The zero-order chi connectivity index (χ0) is 14.8. The van der Waals surface area contributed by atoms with E-state index in [9.17, 15) is 8.42 Å². The summed E-state index contributed by atoms with van der Waals surface area (Å²) in [6.07, 6.45) is 3.98. The molecule has 1 aromatic carbocycles. The lowest BCUT2D eigenvalue weighted by Gasteiger charge is -2.22. The van der Waals surface area contributed by atoms with E-state index in [-0.39, 0.29) is 0 Å². The molecule has 5 nitrogen and oxygen atoms in total. The largest absolute Gasteiger partial charge is 0.399 e. The van der Waals surface area contributed by atoms with Crippen LogP contribution in [0.2, 0.25) is 0 Å². The Kier molecular flexibility index (Phi) is 5.33. The molecule has 0 bridgehead atoms. The summed E-state index contributed by atoms with van der Waals surface area (Å²) < 4.78 is 30.2. The SMILES string of the molecule is Nc1cc(Br)c(NS(=O)(=O)N2CCCCCC2)c(Br)c1. The molecule has 0 aromatic heterocycles. The van der Waals surface area contributed by atoms with E-state index >= 15 is 0 Å². The molecule has 0 aliphatic carbocycles. The Labute approximate surface area is 136 Å². The number of hydrogen-bond donors (Lipinski definition) is 2. The van der Waals surface area contributed by atoms with Crippen LogP contribution in [-0.4, -0.2) is 25.8 Å². The van der Waals surface area contributed by atoms with Crippen LogP contribution in [-0.2, 0) is 10.2 Å². The van der Waals surface area contributed by atoms with Crippen LogP contribution in [0, 0.1) is 0 Å². The second-order valence-electron chi connectivity index (χ2n) is 4.78. The molecule has 0 atom stereocenters. The van der Waals surface area contributed by atoms with Crippen LogP contribution in [0.5, 0.6) is 0 Å². The van der Waals surface area contributed by atoms with Gasteiger partial charge >= 0.3 is 10.2 Å². The van der Waals surface area contributed by atoms with Crippen molar-refractivity contribution in [2.75, 3.05) is 23.5 Å². The van der Waals surface area contributed by atoms with Crippen LogP contribution in [0.3, 0.4) is 0 Å². The zero-order valence-electron chi connectivity index (χ0n) is 10.9. The van der Waals surface area contributed by atoms with Gasteiger partial charge in [0.2, 0.25) is 0 Å². The number of hydrogen-bond acceptors (Lipinski definition) is 3. The summed E-state index contributed by atoms with van der Waals surface area (Å²) in [6.45, 7) is 1.14. The average Bonchev–Trinajstić information content (AvgIpc) is 2.63. The minimum absolute atomic E-state index is 0.475. The summed E-state index contributed by atoms with van der Waals surface area (Å²) in [4.78, 5) is 0. The van der Waals surface area contributed by atoms with Gasteiger partial charge in [0, 0.05) is 27.7 Å². The lowest BCUT2D eigenvalue weighted by Crippen LogP contribution is -2.36. The molecule has 1 aliphatic rings. The third kappa shape index (κ3) is 3.87. The summed E-state index contributed by atoms with van der Waals surface area (Å²) in [5, 5.41) is 0. The van der Waals surface area contributed by atoms with E-state index < -0.39 is 10.2 Å². The van der Waals surface area contributed by atoms with E-state index in [1.54, 1.807) is 12.1 Å². The van der Waals surface area contributed by atoms with Crippen molar-refractivity contribution in [3.63, 3.8) is 0 Å². The Balaban J connectivity index is 2.23. The number of nitrogens with one attached hydrogen (secondary N) is 1. The smallest absolute Gasteiger partial charge is 0.301 e. The Morgan fingerprint density at radius 3 is 2.05 bits per heavy atom. The zero-order valence-corrected chi connectivity index (χ0v) is 14.9. The van der Waals surface area contributed by atoms with Crippen molar-refractivity contribution in [2.24, 2.45) is 0 Å². The van der Waals surface area contributed by atoms with E-state index in [2.05, 4.69) is 36.6 Å². The minimum Gasteiger partial charge on any atom is -0.399 e. The van der Waals surface area contributed by atoms with Crippen LogP contribution in [0.4, 0.5) is 11.4 Å². The number of anilines is 2. The number of nitrogen functional groups attached to an aromatic ring is 1. The maximum Gasteiger partial charge on any atom is 0.301 e. The van der Waals surface area contributed by atoms with Gasteiger partial charge in [0.05, 0.1) is 5.69 Å². The average molecular weight is 427 g/mol. The molecular formula is C12H17Br2N3O2S. The molecule has 1 heterocycles. The standard InChI is InChI=1S/C12H17Br2N3O2S/c13-10-7-9(15)8-11(14)12(10)16-20(18,19)17-5-3-1-2-4-6-17/h7-8,16H,1-6,15H2. The molecule has 0 amide bonds. The molecule has 1 aliphatic heterocycles. The van der Waals surface area contributed by atoms with Crippen molar-refractivity contribution >= 4 is 53.4 Å². The third-order valence-corrected chi connectivity index (χ3v) is 5.96. The normalized spacial score (nSPS) is 17.7. The molecule has 8 heteroatoms. The van der Waals surface area contributed by atoms with Crippen molar-refractivity contribution in [1.82, 2.24) is 4.31 Å². The van der Waals surface area contributed by atoms with Gasteiger partial charge in [-0.25, -0.2) is 0 Å². The topological polar surface area (TPSA) is 75.4 Å². The van der Waals surface area contributed by atoms with Gasteiger partial charge in [-0.05, 0) is 56.8 Å². The monoisotopic (exact) mass is 425 g/mol. The maximum atomic E-state index is 12.4. The van der Waals surface area contributed by atoms with Crippen molar-refractivity contribution in [1.29, 1.82) is 0 Å². The number of benzene rings is 1. The molecule has 0 saturated carbocycles. The first-order valence-electron chi connectivity index (χ1n) is 6.42. The van der Waals surface area contributed by atoms with Gasteiger partial charge in [0.15, 0.2) is 0 Å². The lowest BCUT2D eigenvalue weighted by atomic mass is 10.2. The highest BCUT2D eigenvalue weighted by molar-refractivity contribution is 9.11. The summed E-state index contributed by atoms with van der Waals surface area (Å²) in [5.74, 6) is 0. The van der Waals surface area contributed by atoms with Gasteiger partial charge in [-0.3, -0.25) is 4.72 Å². The maximum absolute atomic E-state index is 12.4. The fourth-order valence-electron chi connectivity index (χ4n) is 2.17. The quantitative estimate of drug-likeness (QED) is 0.727.